The van der Waals surface area contributed by atoms with Crippen LogP contribution in [0.4, 0.5) is 0 Å². The largest absolute Gasteiger partial charge is 0.387 e. The van der Waals surface area contributed by atoms with Gasteiger partial charge in [-0.25, -0.2) is 0 Å². The number of nitrogens with one attached hydrogen (secondary N) is 4. The molecule has 0 amide bonds. The lowest BCUT2D eigenvalue weighted by Gasteiger charge is -2.20. The molecule has 0 aromatic rings. The summed E-state index contributed by atoms with van der Waals surface area (Å²) in [6.45, 7) is 1.53. The zero-order valence-electron chi connectivity index (χ0n) is 9.53. The highest BCUT2D eigenvalue weighted by atomic mass is 15.1. The molecule has 90 valence electrons. The third-order valence-corrected chi connectivity index (χ3v) is 2.62. The molecule has 6 N–H and O–H groups in total. The van der Waals surface area contributed by atoms with Gasteiger partial charge in [0.05, 0.1) is 0 Å². The van der Waals surface area contributed by atoms with Crippen molar-refractivity contribution in [3.8, 4) is 0 Å². The Bertz CT molecular complexity index is 417. The summed E-state index contributed by atoms with van der Waals surface area (Å²) in [5, 5.41) is 17.0. The lowest BCUT2D eigenvalue weighted by atomic mass is 10.1. The third-order valence-electron chi connectivity index (χ3n) is 2.62. The molecule has 1 atom stereocenters. The van der Waals surface area contributed by atoms with Gasteiger partial charge in [-0.1, -0.05) is 12.2 Å². The summed E-state index contributed by atoms with van der Waals surface area (Å²) in [7, 11) is 0. The van der Waals surface area contributed by atoms with Gasteiger partial charge in [0.2, 0.25) is 0 Å². The Hall–Kier alpha value is -2.01. The molecule has 0 spiro atoms. The Kier molecular flexibility index (Phi) is 3.62. The SMILES string of the molecule is N=C(NC(N)C1=CCNC=C1)C1=CCNC=C1. The monoisotopic (exact) mass is 231 g/mol. The van der Waals surface area contributed by atoms with Gasteiger partial charge in [-0.15, -0.1) is 0 Å². The van der Waals surface area contributed by atoms with Crippen LogP contribution in [0.1, 0.15) is 0 Å². The first-order valence-corrected chi connectivity index (χ1v) is 5.58. The van der Waals surface area contributed by atoms with Crippen LogP contribution in [-0.2, 0) is 0 Å². The van der Waals surface area contributed by atoms with Crippen LogP contribution in [0.25, 0.3) is 0 Å². The fraction of sp³-hybridized carbons (Fsp3) is 0.250. The smallest absolute Gasteiger partial charge is 0.126 e. The summed E-state index contributed by atoms with van der Waals surface area (Å²) in [4.78, 5) is 0. The molecular weight excluding hydrogens is 214 g/mol. The molecule has 0 radical (unpaired) electrons. The molecule has 2 heterocycles. The molecule has 0 bridgehead atoms. The fourth-order valence-corrected chi connectivity index (χ4v) is 1.66. The number of amidine groups is 1. The molecule has 0 saturated heterocycles. The predicted molar refractivity (Wildman–Crippen MR) is 69.3 cm³/mol. The highest BCUT2D eigenvalue weighted by molar-refractivity contribution is 5.98. The van der Waals surface area contributed by atoms with Crippen LogP contribution in [0.5, 0.6) is 0 Å². The molecule has 0 saturated carbocycles. The van der Waals surface area contributed by atoms with Crippen molar-refractivity contribution in [1.82, 2.24) is 16.0 Å². The molecule has 5 nitrogen and oxygen atoms in total. The van der Waals surface area contributed by atoms with Crippen LogP contribution in [-0.4, -0.2) is 25.1 Å². The van der Waals surface area contributed by atoms with Gasteiger partial charge in [0.15, 0.2) is 0 Å². The van der Waals surface area contributed by atoms with E-state index in [0.29, 0.717) is 5.84 Å². The Morgan fingerprint density at radius 3 is 2.53 bits per heavy atom. The molecule has 0 aliphatic carbocycles. The maximum absolute atomic E-state index is 7.93. The number of hydrogen-bond acceptors (Lipinski definition) is 4. The van der Waals surface area contributed by atoms with Crippen molar-refractivity contribution in [3.05, 3.63) is 47.9 Å². The maximum atomic E-state index is 7.93. The molecular formula is C12H17N5. The number of rotatable bonds is 3. The van der Waals surface area contributed by atoms with Crippen molar-refractivity contribution >= 4 is 5.84 Å². The van der Waals surface area contributed by atoms with Gasteiger partial charge in [-0.2, -0.15) is 0 Å². The van der Waals surface area contributed by atoms with Crippen LogP contribution in [0, 0.1) is 5.41 Å². The van der Waals surface area contributed by atoms with E-state index in [4.69, 9.17) is 11.1 Å². The van der Waals surface area contributed by atoms with Crippen LogP contribution >= 0.6 is 0 Å². The van der Waals surface area contributed by atoms with Gasteiger partial charge >= 0.3 is 0 Å². The van der Waals surface area contributed by atoms with Crippen molar-refractivity contribution in [1.29, 1.82) is 5.41 Å². The van der Waals surface area contributed by atoms with Crippen molar-refractivity contribution < 1.29 is 0 Å². The Balaban J connectivity index is 1.94. The lowest BCUT2D eigenvalue weighted by Crippen LogP contribution is -2.43. The summed E-state index contributed by atoms with van der Waals surface area (Å²) in [5.74, 6) is 0.350. The fourth-order valence-electron chi connectivity index (χ4n) is 1.66. The molecule has 2 aliphatic rings. The summed E-state index contributed by atoms with van der Waals surface area (Å²) < 4.78 is 0. The first-order chi connectivity index (χ1) is 8.27. The van der Waals surface area contributed by atoms with E-state index in [-0.39, 0.29) is 6.17 Å². The first-order valence-electron chi connectivity index (χ1n) is 5.58. The minimum atomic E-state index is -0.343. The van der Waals surface area contributed by atoms with Crippen LogP contribution in [0.15, 0.2) is 47.9 Å². The van der Waals surface area contributed by atoms with Gasteiger partial charge in [-0.3, -0.25) is 5.41 Å². The van der Waals surface area contributed by atoms with E-state index in [1.165, 1.54) is 0 Å². The van der Waals surface area contributed by atoms with Gasteiger partial charge in [0, 0.05) is 18.7 Å². The van der Waals surface area contributed by atoms with Crippen LogP contribution in [0.3, 0.4) is 0 Å². The van der Waals surface area contributed by atoms with Crippen molar-refractivity contribution in [2.45, 2.75) is 6.17 Å². The second kappa shape index (κ2) is 5.36. The normalized spacial score (nSPS) is 19.6. The third kappa shape index (κ3) is 2.98. The minimum absolute atomic E-state index is 0.343. The van der Waals surface area contributed by atoms with E-state index in [2.05, 4.69) is 16.0 Å². The molecule has 0 fully saturated rings. The van der Waals surface area contributed by atoms with E-state index in [1.807, 2.05) is 36.7 Å². The van der Waals surface area contributed by atoms with Gasteiger partial charge in [0.25, 0.3) is 0 Å². The van der Waals surface area contributed by atoms with E-state index in [0.717, 1.165) is 24.2 Å². The number of dihydropyridines is 2. The van der Waals surface area contributed by atoms with Gasteiger partial charge in [0.1, 0.15) is 12.0 Å². The van der Waals surface area contributed by atoms with Gasteiger partial charge in [-0.05, 0) is 30.1 Å². The quantitative estimate of drug-likeness (QED) is 0.267. The summed E-state index contributed by atoms with van der Waals surface area (Å²) >= 11 is 0. The van der Waals surface area contributed by atoms with Crippen LogP contribution in [0.2, 0.25) is 0 Å². The van der Waals surface area contributed by atoms with Crippen molar-refractivity contribution in [3.63, 3.8) is 0 Å². The van der Waals surface area contributed by atoms with Crippen molar-refractivity contribution in [2.75, 3.05) is 13.1 Å². The Labute approximate surface area is 101 Å². The molecule has 1 unspecified atom stereocenters. The zero-order chi connectivity index (χ0) is 12.1. The van der Waals surface area contributed by atoms with Gasteiger partial charge < -0.3 is 21.7 Å². The molecule has 5 heteroatoms. The number of nitrogens with two attached hydrogens (primary N) is 1. The van der Waals surface area contributed by atoms with E-state index in [1.54, 1.807) is 0 Å². The lowest BCUT2D eigenvalue weighted by molar-refractivity contribution is 0.725. The molecule has 0 aromatic heterocycles. The number of hydrogen-bond donors (Lipinski definition) is 5. The minimum Gasteiger partial charge on any atom is -0.387 e. The summed E-state index contributed by atoms with van der Waals surface area (Å²) in [6.07, 6.45) is 11.1. The van der Waals surface area contributed by atoms with Crippen LogP contribution < -0.4 is 21.7 Å². The molecule has 0 aromatic carbocycles. The summed E-state index contributed by atoms with van der Waals surface area (Å²) in [6, 6.07) is 0. The summed E-state index contributed by atoms with van der Waals surface area (Å²) in [5.41, 5.74) is 7.84. The average molecular weight is 231 g/mol. The highest BCUT2D eigenvalue weighted by Crippen LogP contribution is 2.05. The maximum Gasteiger partial charge on any atom is 0.126 e. The second-order valence-electron chi connectivity index (χ2n) is 3.84. The standard InChI is InChI=1S/C12H17N5/c13-11(9-1-5-15-6-2-9)17-12(14)10-3-7-16-8-4-10/h1-5,7,11,15-16H,6,8,13H2,(H2,14,17). The first kappa shape index (κ1) is 11.5. The zero-order valence-corrected chi connectivity index (χ0v) is 9.53. The van der Waals surface area contributed by atoms with E-state index in [9.17, 15) is 0 Å². The molecule has 17 heavy (non-hydrogen) atoms. The van der Waals surface area contributed by atoms with Crippen molar-refractivity contribution in [2.24, 2.45) is 5.73 Å². The predicted octanol–water partition coefficient (Wildman–Crippen LogP) is -0.0753. The molecule has 2 aliphatic heterocycles. The Morgan fingerprint density at radius 1 is 1.24 bits per heavy atom. The molecule has 2 rings (SSSR count). The van der Waals surface area contributed by atoms with E-state index < -0.39 is 0 Å². The topological polar surface area (TPSA) is 86.0 Å². The second-order valence-corrected chi connectivity index (χ2v) is 3.84. The highest BCUT2D eigenvalue weighted by Gasteiger charge is 2.11. The average Bonchev–Trinajstić information content (AvgIpc) is 2.40. The van der Waals surface area contributed by atoms with E-state index >= 15 is 0 Å². The Morgan fingerprint density at radius 2 is 1.94 bits per heavy atom.